The highest BCUT2D eigenvalue weighted by atomic mass is 17.2. The van der Waals surface area contributed by atoms with Gasteiger partial charge in [-0.25, -0.2) is 19.6 Å². The number of hydrogen-bond donors (Lipinski definition) is 0. The summed E-state index contributed by atoms with van der Waals surface area (Å²) in [7, 11) is 0. The van der Waals surface area contributed by atoms with E-state index in [4.69, 9.17) is 19.6 Å². The molecule has 0 aliphatic carbocycles. The molecule has 0 spiro atoms. The average Bonchev–Trinajstić information content (AvgIpc) is 2.18. The zero-order chi connectivity index (χ0) is 16.2. The summed E-state index contributed by atoms with van der Waals surface area (Å²) in [5, 5.41) is 0. The van der Waals surface area contributed by atoms with E-state index in [0.29, 0.717) is 5.92 Å². The van der Waals surface area contributed by atoms with Crippen LogP contribution in [0.2, 0.25) is 0 Å². The van der Waals surface area contributed by atoms with Crippen molar-refractivity contribution in [3.63, 3.8) is 0 Å². The SMILES string of the molecule is CC(C)CC(OOC(C)(C)C)C(C)(C)OOC(C)(C)C. The van der Waals surface area contributed by atoms with Gasteiger partial charge in [0.05, 0.1) is 11.2 Å². The Kier molecular flexibility index (Phi) is 7.15. The first-order chi connectivity index (χ1) is 8.73. The minimum absolute atomic E-state index is 0.205. The molecular formula is C16H34O4. The Hall–Kier alpha value is -0.160. The summed E-state index contributed by atoms with van der Waals surface area (Å²) in [5.41, 5.74) is -1.30. The fourth-order valence-corrected chi connectivity index (χ4v) is 1.36. The van der Waals surface area contributed by atoms with Gasteiger partial charge in [-0.2, -0.15) is 0 Å². The Morgan fingerprint density at radius 3 is 1.50 bits per heavy atom. The monoisotopic (exact) mass is 290 g/mol. The molecule has 0 saturated carbocycles. The summed E-state index contributed by atoms with van der Waals surface area (Å²) < 4.78 is 0. The Bertz CT molecular complexity index is 271. The lowest BCUT2D eigenvalue weighted by molar-refractivity contribution is -0.453. The molecule has 1 atom stereocenters. The maximum absolute atomic E-state index is 5.64. The fourth-order valence-electron chi connectivity index (χ4n) is 1.36. The quantitative estimate of drug-likeness (QED) is 0.504. The van der Waals surface area contributed by atoms with Gasteiger partial charge in [-0.05, 0) is 67.7 Å². The number of rotatable bonds is 7. The summed E-state index contributed by atoms with van der Waals surface area (Å²) in [6, 6.07) is 0. The summed E-state index contributed by atoms with van der Waals surface area (Å²) >= 11 is 0. The van der Waals surface area contributed by atoms with E-state index >= 15 is 0 Å². The van der Waals surface area contributed by atoms with E-state index in [1.807, 2.05) is 55.4 Å². The van der Waals surface area contributed by atoms with Crippen molar-refractivity contribution in [3.05, 3.63) is 0 Å². The minimum Gasteiger partial charge on any atom is -0.231 e. The van der Waals surface area contributed by atoms with Crippen molar-refractivity contribution in [1.29, 1.82) is 0 Å². The zero-order valence-corrected chi connectivity index (χ0v) is 15.0. The summed E-state index contributed by atoms with van der Waals surface area (Å²) in [6.07, 6.45) is 0.625. The average molecular weight is 290 g/mol. The molecule has 0 bridgehead atoms. The van der Waals surface area contributed by atoms with Gasteiger partial charge in [0.15, 0.2) is 0 Å². The van der Waals surface area contributed by atoms with Crippen molar-refractivity contribution >= 4 is 0 Å². The summed E-state index contributed by atoms with van der Waals surface area (Å²) in [6.45, 7) is 19.9. The number of hydrogen-bond acceptors (Lipinski definition) is 4. The van der Waals surface area contributed by atoms with E-state index in [1.165, 1.54) is 0 Å². The lowest BCUT2D eigenvalue weighted by Gasteiger charge is -2.36. The summed E-state index contributed by atoms with van der Waals surface area (Å²) in [5.74, 6) is 0.473. The van der Waals surface area contributed by atoms with Gasteiger partial charge in [-0.15, -0.1) is 0 Å². The largest absolute Gasteiger partial charge is 0.231 e. The van der Waals surface area contributed by atoms with E-state index < -0.39 is 5.60 Å². The van der Waals surface area contributed by atoms with Crippen molar-refractivity contribution < 1.29 is 19.6 Å². The van der Waals surface area contributed by atoms with Crippen LogP contribution in [0, 0.1) is 5.92 Å². The van der Waals surface area contributed by atoms with E-state index in [2.05, 4.69) is 13.8 Å². The Morgan fingerprint density at radius 1 is 0.700 bits per heavy atom. The molecule has 0 aliphatic rings. The van der Waals surface area contributed by atoms with Gasteiger partial charge in [0.2, 0.25) is 0 Å². The first kappa shape index (κ1) is 19.8. The molecule has 0 aromatic heterocycles. The van der Waals surface area contributed by atoms with Crippen LogP contribution < -0.4 is 0 Å². The highest BCUT2D eigenvalue weighted by Crippen LogP contribution is 2.27. The second-order valence-electron chi connectivity index (χ2n) is 8.29. The van der Waals surface area contributed by atoms with Crippen LogP contribution in [0.25, 0.3) is 0 Å². The van der Waals surface area contributed by atoms with Crippen LogP contribution in [0.1, 0.15) is 75.7 Å². The van der Waals surface area contributed by atoms with Crippen molar-refractivity contribution in [3.8, 4) is 0 Å². The first-order valence-corrected chi connectivity index (χ1v) is 7.44. The predicted molar refractivity (Wildman–Crippen MR) is 81.2 cm³/mol. The van der Waals surface area contributed by atoms with E-state index in [9.17, 15) is 0 Å². The molecule has 0 rings (SSSR count). The van der Waals surface area contributed by atoms with Crippen LogP contribution in [0.15, 0.2) is 0 Å². The molecule has 0 aromatic rings. The van der Waals surface area contributed by atoms with Gasteiger partial charge in [-0.3, -0.25) is 0 Å². The van der Waals surface area contributed by atoms with Crippen LogP contribution in [0.5, 0.6) is 0 Å². The zero-order valence-electron chi connectivity index (χ0n) is 15.0. The molecule has 0 aromatic carbocycles. The second-order valence-corrected chi connectivity index (χ2v) is 8.29. The normalized spacial score (nSPS) is 15.8. The van der Waals surface area contributed by atoms with Crippen LogP contribution >= 0.6 is 0 Å². The molecule has 4 heteroatoms. The molecule has 122 valence electrons. The highest BCUT2D eigenvalue weighted by molar-refractivity contribution is 4.80. The van der Waals surface area contributed by atoms with Crippen LogP contribution in [-0.2, 0) is 19.6 Å². The topological polar surface area (TPSA) is 36.9 Å². The van der Waals surface area contributed by atoms with Crippen molar-refractivity contribution in [2.45, 2.75) is 98.6 Å². The van der Waals surface area contributed by atoms with Gasteiger partial charge in [0, 0.05) is 0 Å². The van der Waals surface area contributed by atoms with Crippen molar-refractivity contribution in [1.82, 2.24) is 0 Å². The standard InChI is InChI=1S/C16H34O4/c1-12(2)11-13(17-18-14(3,4)5)16(9,10)20-19-15(6,7)8/h12-13H,11H2,1-10H3. The van der Waals surface area contributed by atoms with Crippen LogP contribution in [0.4, 0.5) is 0 Å². The third-order valence-corrected chi connectivity index (χ3v) is 2.38. The van der Waals surface area contributed by atoms with Gasteiger partial charge < -0.3 is 0 Å². The fraction of sp³-hybridized carbons (Fsp3) is 1.00. The highest BCUT2D eigenvalue weighted by Gasteiger charge is 2.36. The molecule has 0 saturated heterocycles. The van der Waals surface area contributed by atoms with E-state index in [1.54, 1.807) is 0 Å². The maximum Gasteiger partial charge on any atom is 0.127 e. The van der Waals surface area contributed by atoms with E-state index in [-0.39, 0.29) is 17.3 Å². The van der Waals surface area contributed by atoms with Crippen molar-refractivity contribution in [2.24, 2.45) is 5.92 Å². The molecule has 0 N–H and O–H groups in total. The van der Waals surface area contributed by atoms with Gasteiger partial charge in [0.25, 0.3) is 0 Å². The summed E-state index contributed by atoms with van der Waals surface area (Å²) in [4.78, 5) is 22.2. The van der Waals surface area contributed by atoms with E-state index in [0.717, 1.165) is 6.42 Å². The predicted octanol–water partition coefficient (Wildman–Crippen LogP) is 4.67. The molecule has 0 amide bonds. The maximum atomic E-state index is 5.64. The molecular weight excluding hydrogens is 256 g/mol. The lowest BCUT2D eigenvalue weighted by Crippen LogP contribution is -2.44. The first-order valence-electron chi connectivity index (χ1n) is 7.44. The third-order valence-electron chi connectivity index (χ3n) is 2.38. The van der Waals surface area contributed by atoms with Gasteiger partial charge in [-0.1, -0.05) is 13.8 Å². The molecule has 20 heavy (non-hydrogen) atoms. The van der Waals surface area contributed by atoms with Crippen molar-refractivity contribution in [2.75, 3.05) is 0 Å². The Labute approximate surface area is 125 Å². The van der Waals surface area contributed by atoms with Crippen LogP contribution in [0.3, 0.4) is 0 Å². The lowest BCUT2D eigenvalue weighted by atomic mass is 9.93. The molecule has 1 unspecified atom stereocenters. The smallest absolute Gasteiger partial charge is 0.127 e. The van der Waals surface area contributed by atoms with Gasteiger partial charge >= 0.3 is 0 Å². The molecule has 0 fully saturated rings. The second kappa shape index (κ2) is 7.21. The Balaban J connectivity index is 4.72. The third kappa shape index (κ3) is 9.70. The molecule has 4 nitrogen and oxygen atoms in total. The molecule has 0 radical (unpaired) electrons. The molecule has 0 heterocycles. The van der Waals surface area contributed by atoms with Gasteiger partial charge in [0.1, 0.15) is 11.7 Å². The minimum atomic E-state index is -0.594. The Morgan fingerprint density at radius 2 is 1.15 bits per heavy atom. The van der Waals surface area contributed by atoms with Crippen LogP contribution in [-0.4, -0.2) is 22.9 Å². The molecule has 0 aliphatic heterocycles.